The third kappa shape index (κ3) is 10.4. The molecule has 0 unspecified atom stereocenters. The van der Waals surface area contributed by atoms with Crippen molar-refractivity contribution < 1.29 is 9.26 Å². The Balaban J connectivity index is 0.00000480. The Labute approximate surface area is 203 Å². The quantitative estimate of drug-likeness (QED) is 0.174. The summed E-state index contributed by atoms with van der Waals surface area (Å²) in [5.41, 5.74) is 2.19. The molecule has 2 rings (SSSR count). The molecule has 1 heterocycles. The SMILES string of the molecule is CCNC(=NCCN(C)CCCOC)NCCc1ccc(-c2nc(CC)no2)cc1.I. The highest BCUT2D eigenvalue weighted by Gasteiger charge is 2.07. The van der Waals surface area contributed by atoms with E-state index in [-0.39, 0.29) is 24.0 Å². The normalized spacial score (nSPS) is 11.5. The number of guanidine groups is 1. The van der Waals surface area contributed by atoms with Crippen molar-refractivity contribution in [3.8, 4) is 11.5 Å². The summed E-state index contributed by atoms with van der Waals surface area (Å²) in [6, 6.07) is 8.26. The molecule has 2 aromatic rings. The number of aromatic nitrogens is 2. The average Bonchev–Trinajstić information content (AvgIpc) is 3.24. The van der Waals surface area contributed by atoms with E-state index in [4.69, 9.17) is 9.26 Å². The van der Waals surface area contributed by atoms with Gasteiger partial charge in [0.2, 0.25) is 0 Å². The zero-order valence-electron chi connectivity index (χ0n) is 19.2. The molecule has 2 N–H and O–H groups in total. The molecule has 0 fully saturated rings. The number of methoxy groups -OCH3 is 1. The van der Waals surface area contributed by atoms with Gasteiger partial charge in [-0.15, -0.1) is 24.0 Å². The molecule has 174 valence electrons. The number of hydrogen-bond donors (Lipinski definition) is 2. The van der Waals surface area contributed by atoms with Crippen LogP contribution in [0.3, 0.4) is 0 Å². The summed E-state index contributed by atoms with van der Waals surface area (Å²) in [4.78, 5) is 11.3. The van der Waals surface area contributed by atoms with Crippen LogP contribution in [0.1, 0.15) is 31.7 Å². The first-order chi connectivity index (χ1) is 14.7. The Kier molecular flexibility index (Phi) is 14.1. The Bertz CT molecular complexity index is 751. The number of hydrogen-bond acceptors (Lipinski definition) is 6. The number of nitrogens with zero attached hydrogens (tertiary/aromatic N) is 4. The molecular formula is C22H37IN6O2. The topological polar surface area (TPSA) is 87.8 Å². The molecule has 1 aromatic carbocycles. The minimum absolute atomic E-state index is 0. The molecule has 0 saturated carbocycles. The van der Waals surface area contributed by atoms with E-state index in [1.807, 2.05) is 19.1 Å². The number of rotatable bonds is 13. The minimum atomic E-state index is 0. The zero-order valence-corrected chi connectivity index (χ0v) is 21.5. The fraction of sp³-hybridized carbons (Fsp3) is 0.591. The number of aryl methyl sites for hydroxylation is 1. The Hall–Kier alpha value is -1.72. The summed E-state index contributed by atoms with van der Waals surface area (Å²) in [6.45, 7) is 9.25. The van der Waals surface area contributed by atoms with Gasteiger partial charge in [0.05, 0.1) is 6.54 Å². The Morgan fingerprint density at radius 3 is 2.58 bits per heavy atom. The summed E-state index contributed by atoms with van der Waals surface area (Å²) in [7, 11) is 3.86. The average molecular weight is 544 g/mol. The number of benzene rings is 1. The monoisotopic (exact) mass is 544 g/mol. The predicted molar refractivity (Wildman–Crippen MR) is 136 cm³/mol. The van der Waals surface area contributed by atoms with Crippen molar-refractivity contribution in [2.45, 2.75) is 33.1 Å². The second-order valence-corrected chi connectivity index (χ2v) is 7.15. The van der Waals surface area contributed by atoms with E-state index in [1.165, 1.54) is 5.56 Å². The van der Waals surface area contributed by atoms with Crippen LogP contribution in [0, 0.1) is 0 Å². The van der Waals surface area contributed by atoms with E-state index in [9.17, 15) is 0 Å². The summed E-state index contributed by atoms with van der Waals surface area (Å²) in [6.07, 6.45) is 2.72. The lowest BCUT2D eigenvalue weighted by Gasteiger charge is -2.16. The van der Waals surface area contributed by atoms with Crippen LogP contribution in [0.2, 0.25) is 0 Å². The first-order valence-electron chi connectivity index (χ1n) is 10.8. The Morgan fingerprint density at radius 1 is 1.16 bits per heavy atom. The molecule has 9 heteroatoms. The molecule has 1 aromatic heterocycles. The predicted octanol–water partition coefficient (Wildman–Crippen LogP) is 2.98. The van der Waals surface area contributed by atoms with E-state index < -0.39 is 0 Å². The van der Waals surface area contributed by atoms with Gasteiger partial charge in [-0.25, -0.2) is 0 Å². The molecular weight excluding hydrogens is 507 g/mol. The van der Waals surface area contributed by atoms with Crippen LogP contribution in [0.5, 0.6) is 0 Å². The lowest BCUT2D eigenvalue weighted by atomic mass is 10.1. The number of nitrogens with one attached hydrogen (secondary N) is 2. The van der Waals surface area contributed by atoms with Gasteiger partial charge in [0, 0.05) is 51.9 Å². The fourth-order valence-electron chi connectivity index (χ4n) is 2.92. The highest BCUT2D eigenvalue weighted by Crippen LogP contribution is 2.18. The lowest BCUT2D eigenvalue weighted by Crippen LogP contribution is -2.39. The van der Waals surface area contributed by atoms with E-state index in [1.54, 1.807) is 7.11 Å². The second-order valence-electron chi connectivity index (χ2n) is 7.15. The minimum Gasteiger partial charge on any atom is -0.385 e. The van der Waals surface area contributed by atoms with Crippen LogP contribution in [0.4, 0.5) is 0 Å². The fourth-order valence-corrected chi connectivity index (χ4v) is 2.92. The van der Waals surface area contributed by atoms with E-state index in [0.717, 1.165) is 75.9 Å². The summed E-state index contributed by atoms with van der Waals surface area (Å²) < 4.78 is 10.4. The molecule has 31 heavy (non-hydrogen) atoms. The van der Waals surface area contributed by atoms with Crippen LogP contribution in [-0.2, 0) is 17.6 Å². The first-order valence-corrected chi connectivity index (χ1v) is 10.8. The van der Waals surface area contributed by atoms with Crippen LogP contribution >= 0.6 is 24.0 Å². The van der Waals surface area contributed by atoms with E-state index in [2.05, 4.69) is 56.8 Å². The van der Waals surface area contributed by atoms with Crippen LogP contribution in [0.15, 0.2) is 33.8 Å². The van der Waals surface area contributed by atoms with Crippen LogP contribution < -0.4 is 10.6 Å². The van der Waals surface area contributed by atoms with Gasteiger partial charge in [-0.3, -0.25) is 4.99 Å². The van der Waals surface area contributed by atoms with Crippen molar-refractivity contribution in [1.82, 2.24) is 25.7 Å². The van der Waals surface area contributed by atoms with Gasteiger partial charge in [-0.05, 0) is 44.5 Å². The van der Waals surface area contributed by atoms with Gasteiger partial charge in [0.25, 0.3) is 5.89 Å². The lowest BCUT2D eigenvalue weighted by molar-refractivity contribution is 0.180. The molecule has 0 amide bonds. The first kappa shape index (κ1) is 27.3. The standard InChI is InChI=1S/C22H36N6O2.HI/c1-5-20-26-21(30-27-20)19-10-8-18(9-11-19)12-13-24-22(23-6-2)25-14-16-28(3)15-7-17-29-4;/h8-11H,5-7,12-17H2,1-4H3,(H2,23,24,25);1H. The van der Waals surface area contributed by atoms with Crippen molar-refractivity contribution in [3.63, 3.8) is 0 Å². The van der Waals surface area contributed by atoms with Gasteiger partial charge >= 0.3 is 0 Å². The third-order valence-electron chi connectivity index (χ3n) is 4.68. The zero-order chi connectivity index (χ0) is 21.6. The van der Waals surface area contributed by atoms with Gasteiger partial charge < -0.3 is 24.8 Å². The van der Waals surface area contributed by atoms with E-state index in [0.29, 0.717) is 5.89 Å². The van der Waals surface area contributed by atoms with Crippen molar-refractivity contribution in [3.05, 3.63) is 35.7 Å². The summed E-state index contributed by atoms with van der Waals surface area (Å²) in [5, 5.41) is 10.7. The van der Waals surface area contributed by atoms with Crippen LogP contribution in [0.25, 0.3) is 11.5 Å². The van der Waals surface area contributed by atoms with Crippen molar-refractivity contribution in [1.29, 1.82) is 0 Å². The largest absolute Gasteiger partial charge is 0.385 e. The third-order valence-corrected chi connectivity index (χ3v) is 4.68. The second kappa shape index (κ2) is 16.0. The van der Waals surface area contributed by atoms with Gasteiger partial charge in [0.15, 0.2) is 11.8 Å². The smallest absolute Gasteiger partial charge is 0.257 e. The highest BCUT2D eigenvalue weighted by atomic mass is 127. The number of likely N-dealkylation sites (N-methyl/N-ethyl adjacent to an activating group) is 1. The van der Waals surface area contributed by atoms with Crippen LogP contribution in [-0.4, -0.2) is 74.5 Å². The molecule has 0 aliphatic rings. The number of ether oxygens (including phenoxy) is 1. The van der Waals surface area contributed by atoms with Crippen molar-refractivity contribution >= 4 is 29.9 Å². The molecule has 0 aliphatic carbocycles. The van der Waals surface area contributed by atoms with Crippen molar-refractivity contribution in [2.75, 3.05) is 53.5 Å². The number of halogens is 1. The van der Waals surface area contributed by atoms with Gasteiger partial charge in [-0.1, -0.05) is 24.2 Å². The molecule has 0 atom stereocenters. The molecule has 0 bridgehead atoms. The maximum Gasteiger partial charge on any atom is 0.257 e. The summed E-state index contributed by atoms with van der Waals surface area (Å²) >= 11 is 0. The molecule has 0 aliphatic heterocycles. The van der Waals surface area contributed by atoms with E-state index >= 15 is 0 Å². The van der Waals surface area contributed by atoms with Gasteiger partial charge in [0.1, 0.15) is 0 Å². The maximum atomic E-state index is 5.30. The molecule has 8 nitrogen and oxygen atoms in total. The maximum absolute atomic E-state index is 5.30. The summed E-state index contributed by atoms with van der Waals surface area (Å²) in [5.74, 6) is 2.16. The molecule has 0 saturated heterocycles. The van der Waals surface area contributed by atoms with Crippen molar-refractivity contribution in [2.24, 2.45) is 4.99 Å². The molecule has 0 spiro atoms. The molecule has 0 radical (unpaired) electrons. The van der Waals surface area contributed by atoms with Gasteiger partial charge in [-0.2, -0.15) is 4.98 Å². The number of aliphatic imine (C=N–C) groups is 1. The Morgan fingerprint density at radius 2 is 1.94 bits per heavy atom. The highest BCUT2D eigenvalue weighted by molar-refractivity contribution is 14.0.